The Labute approximate surface area is 85.4 Å². The van der Waals surface area contributed by atoms with Crippen LogP contribution in [0.5, 0.6) is 0 Å². The van der Waals surface area contributed by atoms with Crippen molar-refractivity contribution in [2.24, 2.45) is 0 Å². The summed E-state index contributed by atoms with van der Waals surface area (Å²) in [5.41, 5.74) is 0. The first kappa shape index (κ1) is 12.6. The predicted molar refractivity (Wildman–Crippen MR) is 58.3 cm³/mol. The van der Waals surface area contributed by atoms with E-state index in [9.17, 15) is 4.79 Å². The molecule has 1 N–H and O–H groups in total. The van der Waals surface area contributed by atoms with Crippen LogP contribution >= 0.6 is 12.6 Å². The minimum atomic E-state index is -0.906. The van der Waals surface area contributed by atoms with Crippen molar-refractivity contribution < 1.29 is 9.90 Å². The number of aliphatic carboxylic acids is 1. The summed E-state index contributed by atoms with van der Waals surface area (Å²) >= 11 is 4.20. The van der Waals surface area contributed by atoms with Gasteiger partial charge in [-0.3, -0.25) is 4.79 Å². The molecule has 3 heteroatoms. The maximum Gasteiger partial charge on any atom is 0.319 e. The maximum atomic E-state index is 10.9. The van der Waals surface area contributed by atoms with Crippen molar-refractivity contribution in [1.29, 1.82) is 0 Å². The van der Waals surface area contributed by atoms with Gasteiger partial charge in [0.05, 0.1) is 0 Å². The Morgan fingerprint density at radius 3 is 2.62 bits per heavy atom. The van der Waals surface area contributed by atoms with Gasteiger partial charge in [-0.2, -0.15) is 12.6 Å². The van der Waals surface area contributed by atoms with Gasteiger partial charge >= 0.3 is 5.97 Å². The highest BCUT2D eigenvalue weighted by molar-refractivity contribution is 7.82. The Balaban J connectivity index is 4.07. The Hall–Kier alpha value is -0.440. The highest BCUT2D eigenvalue weighted by Gasteiger charge is 2.31. The molecule has 0 saturated carbocycles. The molecule has 0 radical (unpaired) electrons. The third kappa shape index (κ3) is 4.36. The molecule has 1 atom stereocenters. The first-order chi connectivity index (χ1) is 6.06. The minimum absolute atomic E-state index is 0.426. The molecular weight excluding hydrogens is 184 g/mol. The van der Waals surface area contributed by atoms with Gasteiger partial charge in [-0.05, 0) is 12.8 Å². The van der Waals surface area contributed by atoms with E-state index in [-0.39, 0.29) is 0 Å². The largest absolute Gasteiger partial charge is 0.480 e. The quantitative estimate of drug-likeness (QED) is 0.378. The molecule has 0 aliphatic carbocycles. The standard InChI is InChI=1S/C10H18O2S/c1-3-5-6-8-10(13,7-4-2)9(11)12/h4,13H,2-3,5-8H2,1H3,(H,11,12). The lowest BCUT2D eigenvalue weighted by Crippen LogP contribution is -2.31. The molecule has 0 fully saturated rings. The molecule has 0 aromatic heterocycles. The summed E-state index contributed by atoms with van der Waals surface area (Å²) < 4.78 is -0.906. The molecule has 13 heavy (non-hydrogen) atoms. The molecule has 0 amide bonds. The van der Waals surface area contributed by atoms with E-state index < -0.39 is 10.7 Å². The summed E-state index contributed by atoms with van der Waals surface area (Å²) in [5, 5.41) is 8.94. The lowest BCUT2D eigenvalue weighted by atomic mass is 9.97. The number of carboxylic acids is 1. The molecule has 0 heterocycles. The van der Waals surface area contributed by atoms with Gasteiger partial charge in [-0.15, -0.1) is 6.58 Å². The van der Waals surface area contributed by atoms with Crippen LogP contribution in [0.1, 0.15) is 39.0 Å². The lowest BCUT2D eigenvalue weighted by molar-refractivity contribution is -0.140. The lowest BCUT2D eigenvalue weighted by Gasteiger charge is -2.21. The van der Waals surface area contributed by atoms with Gasteiger partial charge in [0.1, 0.15) is 4.75 Å². The molecule has 2 nitrogen and oxygen atoms in total. The third-order valence-electron chi connectivity index (χ3n) is 2.07. The van der Waals surface area contributed by atoms with Crippen LogP contribution in [0, 0.1) is 0 Å². The van der Waals surface area contributed by atoms with E-state index in [1.54, 1.807) is 6.08 Å². The zero-order valence-electron chi connectivity index (χ0n) is 8.12. The van der Waals surface area contributed by atoms with Crippen LogP contribution in [0.4, 0.5) is 0 Å². The van der Waals surface area contributed by atoms with Crippen LogP contribution in [0.3, 0.4) is 0 Å². The van der Waals surface area contributed by atoms with Gasteiger partial charge in [0.15, 0.2) is 0 Å². The van der Waals surface area contributed by atoms with Crippen molar-refractivity contribution in [3.05, 3.63) is 12.7 Å². The number of carbonyl (C=O) groups is 1. The van der Waals surface area contributed by atoms with E-state index in [2.05, 4.69) is 26.1 Å². The second kappa shape index (κ2) is 6.08. The first-order valence-corrected chi connectivity index (χ1v) is 5.08. The fourth-order valence-electron chi connectivity index (χ4n) is 1.20. The summed E-state index contributed by atoms with van der Waals surface area (Å²) in [7, 11) is 0. The van der Waals surface area contributed by atoms with E-state index in [1.165, 1.54) is 0 Å². The smallest absolute Gasteiger partial charge is 0.319 e. The van der Waals surface area contributed by atoms with E-state index >= 15 is 0 Å². The van der Waals surface area contributed by atoms with Crippen LogP contribution in [-0.4, -0.2) is 15.8 Å². The normalized spacial score (nSPS) is 14.9. The second-order valence-corrected chi connectivity index (χ2v) is 4.14. The molecule has 0 aromatic carbocycles. The number of allylic oxidation sites excluding steroid dienone is 1. The summed E-state index contributed by atoms with van der Waals surface area (Å²) in [6, 6.07) is 0. The summed E-state index contributed by atoms with van der Waals surface area (Å²) in [6.45, 7) is 5.64. The van der Waals surface area contributed by atoms with E-state index in [0.717, 1.165) is 19.3 Å². The van der Waals surface area contributed by atoms with E-state index in [4.69, 9.17) is 5.11 Å². The first-order valence-electron chi connectivity index (χ1n) is 4.63. The fourth-order valence-corrected chi connectivity index (χ4v) is 1.49. The third-order valence-corrected chi connectivity index (χ3v) is 2.67. The van der Waals surface area contributed by atoms with Crippen molar-refractivity contribution in [3.63, 3.8) is 0 Å². The monoisotopic (exact) mass is 202 g/mol. The highest BCUT2D eigenvalue weighted by Crippen LogP contribution is 2.27. The number of unbranched alkanes of at least 4 members (excludes halogenated alkanes) is 2. The predicted octanol–water partition coefficient (Wildman–Crippen LogP) is 2.90. The highest BCUT2D eigenvalue weighted by atomic mass is 32.1. The summed E-state index contributed by atoms with van der Waals surface area (Å²) in [6.07, 6.45) is 5.73. The fraction of sp³-hybridized carbons (Fsp3) is 0.700. The molecule has 0 bridgehead atoms. The maximum absolute atomic E-state index is 10.9. The van der Waals surface area contributed by atoms with Crippen LogP contribution in [0.2, 0.25) is 0 Å². The zero-order chi connectivity index (χ0) is 10.3. The SMILES string of the molecule is C=CCC(S)(CCCCC)C(=O)O. The molecule has 0 rings (SSSR count). The second-order valence-electron chi connectivity index (χ2n) is 3.29. The van der Waals surface area contributed by atoms with E-state index in [0.29, 0.717) is 12.8 Å². The molecular formula is C10H18O2S. The number of rotatable bonds is 7. The van der Waals surface area contributed by atoms with E-state index in [1.807, 2.05) is 0 Å². The van der Waals surface area contributed by atoms with Crippen molar-refractivity contribution in [3.8, 4) is 0 Å². The van der Waals surface area contributed by atoms with Gasteiger partial charge in [0.2, 0.25) is 0 Å². The Morgan fingerprint density at radius 2 is 2.23 bits per heavy atom. The van der Waals surface area contributed by atoms with Crippen LogP contribution in [0.15, 0.2) is 12.7 Å². The van der Waals surface area contributed by atoms with Gasteiger partial charge in [0.25, 0.3) is 0 Å². The van der Waals surface area contributed by atoms with Gasteiger partial charge in [-0.1, -0.05) is 32.3 Å². The minimum Gasteiger partial charge on any atom is -0.480 e. The Kier molecular flexibility index (Phi) is 5.88. The molecule has 1 unspecified atom stereocenters. The Morgan fingerprint density at radius 1 is 1.62 bits per heavy atom. The van der Waals surface area contributed by atoms with Gasteiger partial charge in [-0.25, -0.2) is 0 Å². The number of hydrogen-bond donors (Lipinski definition) is 2. The van der Waals surface area contributed by atoms with Gasteiger partial charge in [0, 0.05) is 0 Å². The van der Waals surface area contributed by atoms with Crippen LogP contribution < -0.4 is 0 Å². The zero-order valence-corrected chi connectivity index (χ0v) is 9.02. The molecule has 0 aromatic rings. The van der Waals surface area contributed by atoms with Crippen LogP contribution in [0.25, 0.3) is 0 Å². The number of carboxylic acid groups (broad SMARTS) is 1. The molecule has 76 valence electrons. The number of thiol groups is 1. The molecule has 0 aliphatic rings. The van der Waals surface area contributed by atoms with Gasteiger partial charge < -0.3 is 5.11 Å². The summed E-state index contributed by atoms with van der Waals surface area (Å²) in [5.74, 6) is -0.841. The van der Waals surface area contributed by atoms with Crippen molar-refractivity contribution in [1.82, 2.24) is 0 Å². The topological polar surface area (TPSA) is 37.3 Å². The van der Waals surface area contributed by atoms with Crippen molar-refractivity contribution in [2.75, 3.05) is 0 Å². The average molecular weight is 202 g/mol. The number of hydrogen-bond acceptors (Lipinski definition) is 2. The van der Waals surface area contributed by atoms with Crippen LogP contribution in [-0.2, 0) is 4.79 Å². The summed E-state index contributed by atoms with van der Waals surface area (Å²) in [4.78, 5) is 10.9. The molecule has 0 spiro atoms. The molecule has 0 saturated heterocycles. The average Bonchev–Trinajstić information content (AvgIpc) is 2.05. The molecule has 0 aliphatic heterocycles. The van der Waals surface area contributed by atoms with Crippen molar-refractivity contribution in [2.45, 2.75) is 43.8 Å². The Bertz CT molecular complexity index is 180. The van der Waals surface area contributed by atoms with Crippen molar-refractivity contribution >= 4 is 18.6 Å².